The molecule has 0 saturated carbocycles. The van der Waals surface area contributed by atoms with Crippen LogP contribution in [-0.2, 0) is 33.3 Å². The van der Waals surface area contributed by atoms with Crippen LogP contribution in [0.3, 0.4) is 0 Å². The molecule has 12 nitrogen and oxygen atoms in total. The Morgan fingerprint density at radius 1 is 0.872 bits per heavy atom. The van der Waals surface area contributed by atoms with Gasteiger partial charge in [0.1, 0.15) is 29.9 Å². The molecular formula is C34H47N5O7S. The van der Waals surface area contributed by atoms with Crippen LogP contribution in [0.2, 0.25) is 0 Å². The van der Waals surface area contributed by atoms with Crippen LogP contribution in [0.5, 0.6) is 0 Å². The molecule has 0 spiro atoms. The summed E-state index contributed by atoms with van der Waals surface area (Å²) in [5.74, 6) is -0.404. The number of hydrogen-bond acceptors (Lipinski definition) is 13. The minimum Gasteiger partial charge on any atom is -0.463 e. The monoisotopic (exact) mass is 669 g/mol. The number of rotatable bonds is 26. The van der Waals surface area contributed by atoms with E-state index in [2.05, 4.69) is 40.3 Å². The van der Waals surface area contributed by atoms with E-state index in [1.807, 2.05) is 19.1 Å². The Morgan fingerprint density at radius 2 is 1.53 bits per heavy atom. The second-order valence-electron chi connectivity index (χ2n) is 10.6. The van der Waals surface area contributed by atoms with Crippen molar-refractivity contribution in [1.82, 2.24) is 0 Å². The van der Waals surface area contributed by atoms with Gasteiger partial charge >= 0.3 is 5.97 Å². The zero-order chi connectivity index (χ0) is 34.1. The summed E-state index contributed by atoms with van der Waals surface area (Å²) in [5, 5.41) is 27.9. The molecule has 1 aromatic carbocycles. The van der Waals surface area contributed by atoms with Crippen molar-refractivity contribution < 1.29 is 33.3 Å². The number of aryl methyl sites for hydroxylation is 1. The summed E-state index contributed by atoms with van der Waals surface area (Å²) in [4.78, 5) is 24.3. The molecule has 1 heterocycles. The van der Waals surface area contributed by atoms with E-state index in [1.165, 1.54) is 30.6 Å². The quantitative estimate of drug-likeness (QED) is 0.0469. The predicted octanol–water partition coefficient (Wildman–Crippen LogP) is 6.50. The van der Waals surface area contributed by atoms with Crippen molar-refractivity contribution in [3.63, 3.8) is 0 Å². The fourth-order valence-electron chi connectivity index (χ4n) is 4.35. The maximum absolute atomic E-state index is 11.3. The summed E-state index contributed by atoms with van der Waals surface area (Å²) in [6.45, 7) is 11.3. The Hall–Kier alpha value is -3.72. The molecule has 0 aliphatic carbocycles. The van der Waals surface area contributed by atoms with Crippen molar-refractivity contribution in [1.29, 1.82) is 10.5 Å². The molecule has 256 valence electrons. The van der Waals surface area contributed by atoms with Crippen molar-refractivity contribution in [3.8, 4) is 12.1 Å². The summed E-state index contributed by atoms with van der Waals surface area (Å²) in [6, 6.07) is 10.3. The molecule has 0 atom stereocenters. The molecule has 2 aromatic rings. The number of thiophene rings is 1. The Bertz CT molecular complexity index is 1340. The van der Waals surface area contributed by atoms with Crippen molar-refractivity contribution in [3.05, 3.63) is 39.8 Å². The number of azo groups is 1. The standard InChI is InChI=1S/C34H47N5O7S/c1-4-5-6-7-12-39(13-15-42-16-17-43-18-19-44-20-21-45-22-23-46-33(41)9-8-14-40)29-10-11-31(27(2)24-29)37-38-34-30(25-35)28(3)32(26-36)47-34/h10-11,14,24H,4-9,12-13,15-23H2,1-3H3/b38-37+. The van der Waals surface area contributed by atoms with Gasteiger partial charge in [-0.15, -0.1) is 21.6 Å². The van der Waals surface area contributed by atoms with Gasteiger partial charge in [-0.25, -0.2) is 0 Å². The lowest BCUT2D eigenvalue weighted by Crippen LogP contribution is -2.29. The lowest BCUT2D eigenvalue weighted by molar-refractivity contribution is -0.145. The van der Waals surface area contributed by atoms with Gasteiger partial charge in [0.05, 0.1) is 70.5 Å². The molecule has 13 heteroatoms. The number of unbranched alkanes of at least 4 members (excludes halogenated alkanes) is 3. The van der Waals surface area contributed by atoms with Gasteiger partial charge in [0.15, 0.2) is 5.00 Å². The second-order valence-corrected chi connectivity index (χ2v) is 11.6. The van der Waals surface area contributed by atoms with Gasteiger partial charge in [-0.05, 0) is 49.6 Å². The summed E-state index contributed by atoms with van der Waals surface area (Å²) in [5.41, 5.74) is 3.80. The van der Waals surface area contributed by atoms with Crippen molar-refractivity contribution in [2.75, 3.05) is 77.5 Å². The summed E-state index contributed by atoms with van der Waals surface area (Å²) in [7, 11) is 0. The van der Waals surface area contributed by atoms with Gasteiger partial charge in [-0.1, -0.05) is 26.2 Å². The minimum absolute atomic E-state index is 0.0931. The molecule has 0 unspecified atom stereocenters. The number of nitriles is 2. The average Bonchev–Trinajstić information content (AvgIpc) is 3.39. The number of carbonyl (C=O) groups excluding carboxylic acids is 2. The molecule has 0 amide bonds. The van der Waals surface area contributed by atoms with Crippen LogP contribution in [0.1, 0.15) is 67.0 Å². The third kappa shape index (κ3) is 15.6. The molecule has 2 rings (SSSR count). The molecule has 0 N–H and O–H groups in total. The molecule has 0 radical (unpaired) electrons. The van der Waals surface area contributed by atoms with Gasteiger partial charge < -0.3 is 33.4 Å². The van der Waals surface area contributed by atoms with E-state index in [4.69, 9.17) is 23.7 Å². The van der Waals surface area contributed by atoms with Crippen LogP contribution in [0.15, 0.2) is 28.4 Å². The van der Waals surface area contributed by atoms with Gasteiger partial charge in [-0.2, -0.15) is 10.5 Å². The number of ether oxygens (including phenoxy) is 5. The average molecular weight is 670 g/mol. The van der Waals surface area contributed by atoms with E-state index in [0.29, 0.717) is 79.2 Å². The molecule has 47 heavy (non-hydrogen) atoms. The SMILES string of the molecule is CCCCCCN(CCOCCOCCOCCOCCOC(=O)CCC=O)c1ccc(/N=N/c2sc(C#N)c(C)c2C#N)c(C)c1. The van der Waals surface area contributed by atoms with Gasteiger partial charge in [0, 0.05) is 25.2 Å². The summed E-state index contributed by atoms with van der Waals surface area (Å²) >= 11 is 1.18. The first kappa shape index (κ1) is 39.5. The topological polar surface area (TPSA) is 156 Å². The molecular weight excluding hydrogens is 622 g/mol. The predicted molar refractivity (Wildman–Crippen MR) is 180 cm³/mol. The number of carbonyl (C=O) groups is 2. The zero-order valence-corrected chi connectivity index (χ0v) is 28.6. The number of benzene rings is 1. The zero-order valence-electron chi connectivity index (χ0n) is 27.8. The maximum Gasteiger partial charge on any atom is 0.306 e. The van der Waals surface area contributed by atoms with Crippen molar-refractivity contribution >= 4 is 40.0 Å². The number of hydrogen-bond donors (Lipinski definition) is 0. The van der Waals surface area contributed by atoms with Crippen molar-refractivity contribution in [2.24, 2.45) is 10.2 Å². The molecule has 0 fully saturated rings. The van der Waals surface area contributed by atoms with Crippen LogP contribution < -0.4 is 4.90 Å². The van der Waals surface area contributed by atoms with Crippen molar-refractivity contribution in [2.45, 2.75) is 59.3 Å². The third-order valence-corrected chi connectivity index (χ3v) is 8.08. The van der Waals surface area contributed by atoms with Gasteiger partial charge in [-0.3, -0.25) is 4.79 Å². The fraction of sp³-hybridized carbons (Fsp3) is 0.588. The lowest BCUT2D eigenvalue weighted by Gasteiger charge is -2.25. The summed E-state index contributed by atoms with van der Waals surface area (Å²) < 4.78 is 27.2. The molecule has 0 bridgehead atoms. The van der Waals surface area contributed by atoms with Crippen LogP contribution in [-0.4, -0.2) is 84.8 Å². The van der Waals surface area contributed by atoms with E-state index in [1.54, 1.807) is 6.92 Å². The molecule has 0 aliphatic rings. The van der Waals surface area contributed by atoms with Crippen LogP contribution in [0.4, 0.5) is 16.4 Å². The van der Waals surface area contributed by atoms with Crippen LogP contribution in [0, 0.1) is 36.5 Å². The highest BCUT2D eigenvalue weighted by molar-refractivity contribution is 7.16. The highest BCUT2D eigenvalue weighted by Crippen LogP contribution is 2.36. The lowest BCUT2D eigenvalue weighted by atomic mass is 10.1. The van der Waals surface area contributed by atoms with E-state index in [-0.39, 0.29) is 26.1 Å². The first-order valence-electron chi connectivity index (χ1n) is 16.1. The van der Waals surface area contributed by atoms with E-state index in [9.17, 15) is 20.1 Å². The largest absolute Gasteiger partial charge is 0.463 e. The number of esters is 1. The second kappa shape index (κ2) is 24.5. The van der Waals surface area contributed by atoms with E-state index >= 15 is 0 Å². The molecule has 0 aliphatic heterocycles. The fourth-order valence-corrected chi connectivity index (χ4v) is 5.23. The third-order valence-electron chi connectivity index (χ3n) is 7.00. The Balaban J connectivity index is 1.70. The maximum atomic E-state index is 11.3. The highest BCUT2D eigenvalue weighted by atomic mass is 32.1. The number of nitrogens with zero attached hydrogens (tertiary/aromatic N) is 5. The summed E-state index contributed by atoms with van der Waals surface area (Å²) in [6.07, 6.45) is 5.60. The first-order chi connectivity index (χ1) is 22.9. The highest BCUT2D eigenvalue weighted by Gasteiger charge is 2.15. The normalized spacial score (nSPS) is 11.0. The molecule has 0 saturated heterocycles. The van der Waals surface area contributed by atoms with E-state index < -0.39 is 5.97 Å². The Kier molecular flexibility index (Phi) is 20.5. The van der Waals surface area contributed by atoms with Gasteiger partial charge in [0.2, 0.25) is 0 Å². The smallest absolute Gasteiger partial charge is 0.306 e. The van der Waals surface area contributed by atoms with Crippen LogP contribution in [0.25, 0.3) is 0 Å². The number of aldehydes is 1. The minimum atomic E-state index is -0.404. The number of anilines is 1. The van der Waals surface area contributed by atoms with Crippen LogP contribution >= 0.6 is 11.3 Å². The Morgan fingerprint density at radius 3 is 2.13 bits per heavy atom. The first-order valence-corrected chi connectivity index (χ1v) is 16.9. The van der Waals surface area contributed by atoms with Gasteiger partial charge in [0.25, 0.3) is 0 Å². The molecule has 1 aromatic heterocycles. The Labute approximate surface area is 282 Å². The van der Waals surface area contributed by atoms with E-state index in [0.717, 1.165) is 30.8 Å².